The van der Waals surface area contributed by atoms with Crippen molar-refractivity contribution in [3.63, 3.8) is 0 Å². The third-order valence-electron chi connectivity index (χ3n) is 5.78. The maximum Gasteiger partial charge on any atom is 1.00 e. The van der Waals surface area contributed by atoms with Crippen LogP contribution in [0.1, 0.15) is 52.5 Å². The molecule has 1 aliphatic heterocycles. The third-order valence-corrected chi connectivity index (χ3v) is 6.00. The van der Waals surface area contributed by atoms with E-state index >= 15 is 0 Å². The monoisotopic (exact) mass is 570 g/mol. The van der Waals surface area contributed by atoms with Crippen molar-refractivity contribution in [2.45, 2.75) is 25.4 Å². The quantitative estimate of drug-likeness (QED) is 0.491. The summed E-state index contributed by atoms with van der Waals surface area (Å²) >= 11 is 5.86. The van der Waals surface area contributed by atoms with Crippen LogP contribution in [0.2, 0.25) is 5.02 Å². The molecule has 2 unspecified atom stereocenters. The third kappa shape index (κ3) is 5.62. The van der Waals surface area contributed by atoms with Gasteiger partial charge < -0.3 is 10.0 Å². The van der Waals surface area contributed by atoms with Gasteiger partial charge in [0.15, 0.2) is 0 Å². The second kappa shape index (κ2) is 11.1. The number of rotatable bonds is 4. The molecule has 1 fully saturated rings. The van der Waals surface area contributed by atoms with E-state index in [4.69, 9.17) is 11.6 Å². The molecule has 0 saturated carbocycles. The zero-order valence-electron chi connectivity index (χ0n) is 18.2. The number of carbonyl (C=O) groups excluding carboxylic acids is 1. The van der Waals surface area contributed by atoms with Crippen molar-refractivity contribution < 1.29 is 83.2 Å². The summed E-state index contributed by atoms with van der Waals surface area (Å²) in [7, 11) is 0. The van der Waals surface area contributed by atoms with Gasteiger partial charge in [0.25, 0.3) is 5.91 Å². The fourth-order valence-corrected chi connectivity index (χ4v) is 4.29. The van der Waals surface area contributed by atoms with Crippen molar-refractivity contribution in [1.82, 2.24) is 9.88 Å². The second-order valence-electron chi connectivity index (χ2n) is 7.92. The molecule has 4 nitrogen and oxygen atoms in total. The summed E-state index contributed by atoms with van der Waals surface area (Å²) in [5.74, 6) is -0.298. The van der Waals surface area contributed by atoms with Gasteiger partial charge in [-0.3, -0.25) is 4.79 Å². The van der Waals surface area contributed by atoms with E-state index in [2.05, 4.69) is 11.9 Å². The molecule has 1 amide bonds. The first-order valence-corrected chi connectivity index (χ1v) is 10.6. The summed E-state index contributed by atoms with van der Waals surface area (Å²) in [6.45, 7) is 7.09. The number of hydrogen-bond donors (Lipinski definition) is 1. The Kier molecular flexibility index (Phi) is 8.91. The fraction of sp³-hybridized carbons (Fsp3) is 0.240. The van der Waals surface area contributed by atoms with Crippen LogP contribution >= 0.6 is 11.6 Å². The van der Waals surface area contributed by atoms with Gasteiger partial charge in [-0.15, -0.1) is 11.6 Å². The van der Waals surface area contributed by atoms with Crippen LogP contribution in [-0.4, -0.2) is 34.0 Å². The van der Waals surface area contributed by atoms with Crippen molar-refractivity contribution in [1.29, 1.82) is 0 Å². The zero-order chi connectivity index (χ0) is 22.1. The summed E-state index contributed by atoms with van der Waals surface area (Å²) in [5.41, 5.74) is 4.54. The summed E-state index contributed by atoms with van der Waals surface area (Å²) < 4.78 is 13.6. The van der Waals surface area contributed by atoms with E-state index in [9.17, 15) is 14.3 Å². The molecule has 2 heterocycles. The van der Waals surface area contributed by atoms with Crippen molar-refractivity contribution >= 4 is 17.5 Å². The predicted molar refractivity (Wildman–Crippen MR) is 119 cm³/mol. The number of halogens is 2. The Morgan fingerprint density at radius 2 is 2.03 bits per heavy atom. The first kappa shape index (κ1) is 25.8. The Balaban J connectivity index is 0.00000289. The van der Waals surface area contributed by atoms with Gasteiger partial charge in [0.05, 0.1) is 11.1 Å². The van der Waals surface area contributed by atoms with Crippen LogP contribution in [0.5, 0.6) is 0 Å². The van der Waals surface area contributed by atoms with Gasteiger partial charge in [0, 0.05) is 19.3 Å². The predicted octanol–water partition coefficient (Wildman–Crippen LogP) is 2.41. The van der Waals surface area contributed by atoms with E-state index < -0.39 is 6.10 Å². The van der Waals surface area contributed by atoms with Crippen molar-refractivity contribution in [3.8, 4) is 11.1 Å². The molecule has 1 aromatic heterocycles. The van der Waals surface area contributed by atoms with Crippen LogP contribution in [0, 0.1) is 12.7 Å². The molecule has 160 valence electrons. The first-order chi connectivity index (χ1) is 14.8. The van der Waals surface area contributed by atoms with E-state index in [0.29, 0.717) is 29.4 Å². The van der Waals surface area contributed by atoms with Crippen LogP contribution in [0.15, 0.2) is 54.7 Å². The maximum absolute atomic E-state index is 13.6. The van der Waals surface area contributed by atoms with E-state index in [0.717, 1.165) is 28.7 Å². The van der Waals surface area contributed by atoms with E-state index in [1.54, 1.807) is 30.0 Å². The number of aliphatic hydroxyl groups is 1. The summed E-state index contributed by atoms with van der Waals surface area (Å²) in [6.07, 6.45) is 1.54. The fourth-order valence-electron chi connectivity index (χ4n) is 4.18. The van der Waals surface area contributed by atoms with Crippen LogP contribution in [-0.2, 0) is 0 Å². The van der Waals surface area contributed by atoms with Gasteiger partial charge in [-0.25, -0.2) is 9.37 Å². The van der Waals surface area contributed by atoms with Gasteiger partial charge in [-0.05, 0) is 54.7 Å². The molecule has 2 atom stereocenters. The molecule has 0 aliphatic carbocycles. The SMILES string of the molecule is [CH2-]c1cc(-c2ccc(F)cc2C(C)O)ccc1C1CCN(C(=O)c2ccc(Cl)cn2)C1.[Cs+]. The van der Waals surface area contributed by atoms with Crippen molar-refractivity contribution in [3.05, 3.63) is 94.9 Å². The number of carbonyl (C=O) groups is 1. The second-order valence-corrected chi connectivity index (χ2v) is 8.36. The van der Waals surface area contributed by atoms with Crippen LogP contribution < -0.4 is 68.9 Å². The average molecular weight is 571 g/mol. The number of hydrogen-bond acceptors (Lipinski definition) is 3. The molecule has 0 bridgehead atoms. The van der Waals surface area contributed by atoms with Gasteiger partial charge >= 0.3 is 68.9 Å². The normalized spacial score (nSPS) is 16.5. The molecule has 2 aromatic carbocycles. The minimum Gasteiger partial charge on any atom is -0.389 e. The van der Waals surface area contributed by atoms with E-state index in [-0.39, 0.29) is 86.5 Å². The number of nitrogens with zero attached hydrogens (tertiary/aromatic N) is 2. The Bertz CT molecular complexity index is 1120. The van der Waals surface area contributed by atoms with Crippen LogP contribution in [0.25, 0.3) is 11.1 Å². The van der Waals surface area contributed by atoms with Crippen LogP contribution in [0.4, 0.5) is 4.39 Å². The molecule has 32 heavy (non-hydrogen) atoms. The number of amides is 1. The zero-order valence-corrected chi connectivity index (χ0v) is 25.2. The molecule has 7 heteroatoms. The molecule has 3 aromatic rings. The Labute approximate surface area is 251 Å². The first-order valence-electron chi connectivity index (χ1n) is 10.2. The minimum atomic E-state index is -0.783. The number of benzene rings is 2. The number of likely N-dealkylation sites (tertiary alicyclic amines) is 1. The number of pyridine rings is 1. The van der Waals surface area contributed by atoms with Crippen molar-refractivity contribution in [2.24, 2.45) is 0 Å². The van der Waals surface area contributed by atoms with E-state index in [1.165, 1.54) is 18.3 Å². The molecule has 1 saturated heterocycles. The van der Waals surface area contributed by atoms with Gasteiger partial charge in [-0.1, -0.05) is 29.3 Å². The Hall–Kier alpha value is -0.838. The molecule has 0 spiro atoms. The minimum absolute atomic E-state index is 0. The average Bonchev–Trinajstić information content (AvgIpc) is 3.23. The standard InChI is InChI=1S/C25H23ClFN2O2.Cs/c1-15-11-17(22-7-5-20(27)12-23(22)16(2)30)3-6-21(15)18-9-10-29(14-18)25(31)24-8-4-19(26)13-28-24;/h3-8,11-13,16,18,30H,1,9-10,14H2,2H3;/q-1;+1. The van der Waals surface area contributed by atoms with Crippen LogP contribution in [0.3, 0.4) is 0 Å². The van der Waals surface area contributed by atoms with Gasteiger partial charge in [0.2, 0.25) is 0 Å². The van der Waals surface area contributed by atoms with Gasteiger partial charge in [0.1, 0.15) is 11.5 Å². The van der Waals surface area contributed by atoms with Crippen molar-refractivity contribution in [2.75, 3.05) is 13.1 Å². The van der Waals surface area contributed by atoms with E-state index in [1.807, 2.05) is 18.2 Å². The topological polar surface area (TPSA) is 53.4 Å². The summed E-state index contributed by atoms with van der Waals surface area (Å²) in [5, 5.41) is 10.5. The summed E-state index contributed by atoms with van der Waals surface area (Å²) in [4.78, 5) is 18.7. The molecular weight excluding hydrogens is 548 g/mol. The Morgan fingerprint density at radius 1 is 1.25 bits per heavy atom. The summed E-state index contributed by atoms with van der Waals surface area (Å²) in [6, 6.07) is 13.7. The molecule has 4 rings (SSSR count). The smallest absolute Gasteiger partial charge is 0.389 e. The molecule has 0 radical (unpaired) electrons. The number of aromatic nitrogens is 1. The molecular formula is C25H23ClCsFN2O2. The molecule has 1 aliphatic rings. The Morgan fingerprint density at radius 3 is 2.69 bits per heavy atom. The number of aliphatic hydroxyl groups excluding tert-OH is 1. The largest absolute Gasteiger partial charge is 1.00 e. The molecule has 1 N–H and O–H groups in total. The maximum atomic E-state index is 13.6. The van der Waals surface area contributed by atoms with Gasteiger partial charge in [-0.2, -0.15) is 18.6 Å².